The summed E-state index contributed by atoms with van der Waals surface area (Å²) in [6, 6.07) is 3.87. The minimum Gasteiger partial charge on any atom is -0.459 e. The second kappa shape index (κ2) is 7.31. The van der Waals surface area contributed by atoms with E-state index in [9.17, 15) is 13.2 Å². The number of hydrogen-bond acceptors (Lipinski definition) is 5. The lowest BCUT2D eigenvalue weighted by atomic mass is 10.2. The van der Waals surface area contributed by atoms with E-state index in [1.165, 1.54) is 16.4 Å². The summed E-state index contributed by atoms with van der Waals surface area (Å²) < 4.78 is 33.7. The molecule has 0 aliphatic carbocycles. The quantitative estimate of drug-likeness (QED) is 0.492. The van der Waals surface area contributed by atoms with Gasteiger partial charge >= 0.3 is 5.97 Å². The van der Waals surface area contributed by atoms with Crippen LogP contribution in [0.2, 0.25) is 5.15 Å². The molecule has 3 rings (SSSR count). The van der Waals surface area contributed by atoms with Crippen LogP contribution in [0.1, 0.15) is 33.6 Å². The Morgan fingerprint density at radius 2 is 2.04 bits per heavy atom. The van der Waals surface area contributed by atoms with Gasteiger partial charge in [-0.2, -0.15) is 4.31 Å². The summed E-state index contributed by atoms with van der Waals surface area (Å²) in [5.74, 6) is -0.521. The Morgan fingerprint density at radius 1 is 1.33 bits per heavy atom. The van der Waals surface area contributed by atoms with Crippen molar-refractivity contribution < 1.29 is 17.9 Å². The second-order valence-corrected chi connectivity index (χ2v) is 10.5. The molecule has 0 spiro atoms. The van der Waals surface area contributed by atoms with Crippen molar-refractivity contribution in [2.24, 2.45) is 0 Å². The van der Waals surface area contributed by atoms with Crippen LogP contribution in [0.15, 0.2) is 33.8 Å². The molecule has 2 aromatic rings. The number of rotatable bonds is 3. The van der Waals surface area contributed by atoms with Gasteiger partial charge in [0.05, 0.1) is 4.90 Å². The fraction of sp³-hybridized carbons (Fsp3) is 0.444. The van der Waals surface area contributed by atoms with Gasteiger partial charge in [-0.25, -0.2) is 13.4 Å². The summed E-state index contributed by atoms with van der Waals surface area (Å²) in [5, 5.41) is 1.51. The van der Waals surface area contributed by atoms with Crippen molar-refractivity contribution in [3.8, 4) is 0 Å². The summed E-state index contributed by atoms with van der Waals surface area (Å²) in [6.07, 6.45) is 2.61. The van der Waals surface area contributed by atoms with E-state index in [0.29, 0.717) is 18.2 Å². The van der Waals surface area contributed by atoms with Gasteiger partial charge in [-0.1, -0.05) is 17.7 Å². The highest BCUT2D eigenvalue weighted by atomic mass is 79.9. The Kier molecular flexibility index (Phi) is 5.55. The number of fused-ring (bicyclic) bond motifs is 1. The van der Waals surface area contributed by atoms with Crippen LogP contribution in [0.5, 0.6) is 0 Å². The third-order valence-corrected chi connectivity index (χ3v) is 7.09. The predicted octanol–water partition coefficient (Wildman–Crippen LogP) is 4.15. The van der Waals surface area contributed by atoms with Gasteiger partial charge in [0.1, 0.15) is 16.8 Å². The molecule has 1 aliphatic rings. The van der Waals surface area contributed by atoms with Crippen molar-refractivity contribution in [2.45, 2.75) is 50.2 Å². The smallest absolute Gasteiger partial charge is 0.324 e. The van der Waals surface area contributed by atoms with Crippen molar-refractivity contribution in [2.75, 3.05) is 6.54 Å². The zero-order valence-corrected chi connectivity index (χ0v) is 18.4. The van der Waals surface area contributed by atoms with Gasteiger partial charge < -0.3 is 4.74 Å². The standard InChI is InChI=1S/C18H20BrClN2O4S/c1-18(2,3)26-17(23)15-5-4-8-22(15)27(24,25)11-6-7-12-13(9-11)16(20)21-10-14(12)19/h6-7,9-10,15H,4-5,8H2,1-3H3. The molecule has 1 saturated heterocycles. The highest BCUT2D eigenvalue weighted by Crippen LogP contribution is 2.33. The van der Waals surface area contributed by atoms with Crippen LogP contribution >= 0.6 is 27.5 Å². The molecule has 0 amide bonds. The summed E-state index contributed by atoms with van der Waals surface area (Å²) in [6.45, 7) is 5.55. The number of carbonyl (C=O) groups excluding carboxylic acids is 1. The Morgan fingerprint density at radius 3 is 2.70 bits per heavy atom. The van der Waals surface area contributed by atoms with Gasteiger partial charge in [0, 0.05) is 28.0 Å². The number of hydrogen-bond donors (Lipinski definition) is 0. The highest BCUT2D eigenvalue weighted by molar-refractivity contribution is 9.10. The minimum absolute atomic E-state index is 0.0762. The summed E-state index contributed by atoms with van der Waals surface area (Å²) in [4.78, 5) is 16.6. The van der Waals surface area contributed by atoms with Crippen LogP contribution in [0.25, 0.3) is 10.8 Å². The molecule has 1 aromatic heterocycles. The van der Waals surface area contributed by atoms with Crippen molar-refractivity contribution in [1.82, 2.24) is 9.29 Å². The van der Waals surface area contributed by atoms with E-state index in [0.717, 1.165) is 9.86 Å². The van der Waals surface area contributed by atoms with Gasteiger partial charge in [0.2, 0.25) is 10.0 Å². The maximum Gasteiger partial charge on any atom is 0.324 e. The zero-order valence-electron chi connectivity index (χ0n) is 15.2. The van der Waals surface area contributed by atoms with Gasteiger partial charge in [0.25, 0.3) is 0 Å². The number of carbonyl (C=O) groups is 1. The van der Waals surface area contributed by atoms with E-state index < -0.39 is 27.6 Å². The molecule has 0 bridgehead atoms. The van der Waals surface area contributed by atoms with Crippen molar-refractivity contribution >= 4 is 54.3 Å². The van der Waals surface area contributed by atoms with E-state index in [2.05, 4.69) is 20.9 Å². The molecule has 146 valence electrons. The topological polar surface area (TPSA) is 76.6 Å². The molecule has 2 heterocycles. The minimum atomic E-state index is -3.88. The molecule has 0 N–H and O–H groups in total. The van der Waals surface area contributed by atoms with E-state index in [1.807, 2.05) is 0 Å². The number of pyridine rings is 1. The molecule has 27 heavy (non-hydrogen) atoms. The van der Waals surface area contributed by atoms with Crippen LogP contribution in [0.4, 0.5) is 0 Å². The van der Waals surface area contributed by atoms with Crippen LogP contribution in [-0.2, 0) is 19.6 Å². The first-order chi connectivity index (χ1) is 12.5. The summed E-state index contributed by atoms with van der Waals surface area (Å²) >= 11 is 9.53. The molecule has 1 atom stereocenters. The number of sulfonamides is 1. The molecule has 1 unspecified atom stereocenters. The Hall–Kier alpha value is -1.22. The maximum atomic E-state index is 13.2. The number of ether oxygens (including phenoxy) is 1. The first kappa shape index (κ1) is 20.5. The molecule has 6 nitrogen and oxygen atoms in total. The van der Waals surface area contributed by atoms with Crippen LogP contribution in [-0.4, -0.2) is 41.9 Å². The van der Waals surface area contributed by atoms with Gasteiger partial charge in [-0.05, 0) is 61.7 Å². The normalized spacial score (nSPS) is 18.8. The van der Waals surface area contributed by atoms with Crippen molar-refractivity contribution in [3.05, 3.63) is 34.0 Å². The molecular formula is C18H20BrClN2O4S. The molecule has 0 radical (unpaired) electrons. The van der Waals surface area contributed by atoms with Crippen LogP contribution in [0.3, 0.4) is 0 Å². The number of esters is 1. The van der Waals surface area contributed by atoms with Gasteiger partial charge in [-0.3, -0.25) is 4.79 Å². The fourth-order valence-corrected chi connectivity index (χ4v) is 5.41. The van der Waals surface area contributed by atoms with Crippen LogP contribution < -0.4 is 0 Å². The largest absolute Gasteiger partial charge is 0.459 e. The second-order valence-electron chi connectivity index (χ2n) is 7.41. The number of benzene rings is 1. The Labute approximate surface area is 172 Å². The first-order valence-electron chi connectivity index (χ1n) is 8.49. The fourth-order valence-electron chi connectivity index (χ4n) is 3.08. The van der Waals surface area contributed by atoms with Gasteiger partial charge in [0.15, 0.2) is 0 Å². The molecular weight excluding hydrogens is 456 g/mol. The van der Waals surface area contributed by atoms with Crippen LogP contribution in [0, 0.1) is 0 Å². The lowest BCUT2D eigenvalue weighted by Gasteiger charge is -2.27. The summed E-state index contributed by atoms with van der Waals surface area (Å²) in [5.41, 5.74) is -0.677. The average Bonchev–Trinajstić information content (AvgIpc) is 3.07. The third kappa shape index (κ3) is 4.13. The van der Waals surface area contributed by atoms with Crippen molar-refractivity contribution in [3.63, 3.8) is 0 Å². The van der Waals surface area contributed by atoms with E-state index in [-0.39, 0.29) is 16.6 Å². The van der Waals surface area contributed by atoms with E-state index in [1.54, 1.807) is 33.0 Å². The average molecular weight is 476 g/mol. The molecule has 0 saturated carbocycles. The molecule has 9 heteroatoms. The third-order valence-electron chi connectivity index (χ3n) is 4.25. The molecule has 1 fully saturated rings. The SMILES string of the molecule is CC(C)(C)OC(=O)C1CCCN1S(=O)(=O)c1ccc2c(Br)cnc(Cl)c2c1. The lowest BCUT2D eigenvalue weighted by Crippen LogP contribution is -2.43. The zero-order chi connectivity index (χ0) is 20.0. The lowest BCUT2D eigenvalue weighted by molar-refractivity contribution is -0.158. The van der Waals surface area contributed by atoms with E-state index in [4.69, 9.17) is 16.3 Å². The monoisotopic (exact) mass is 474 g/mol. The number of aromatic nitrogens is 1. The Bertz CT molecular complexity index is 1000. The van der Waals surface area contributed by atoms with E-state index >= 15 is 0 Å². The molecule has 1 aliphatic heterocycles. The summed E-state index contributed by atoms with van der Waals surface area (Å²) in [7, 11) is -3.88. The first-order valence-corrected chi connectivity index (χ1v) is 11.1. The maximum absolute atomic E-state index is 13.2. The molecule has 1 aromatic carbocycles. The number of halogens is 2. The predicted molar refractivity (Wildman–Crippen MR) is 107 cm³/mol. The van der Waals surface area contributed by atoms with Crippen molar-refractivity contribution in [1.29, 1.82) is 0 Å². The highest BCUT2D eigenvalue weighted by Gasteiger charge is 2.41. The number of nitrogens with zero attached hydrogens (tertiary/aromatic N) is 2. The Balaban J connectivity index is 1.99. The van der Waals surface area contributed by atoms with Gasteiger partial charge in [-0.15, -0.1) is 0 Å².